The number of carboxylic acids is 1. The summed E-state index contributed by atoms with van der Waals surface area (Å²) in [5.41, 5.74) is 3.25. The van der Waals surface area contributed by atoms with Crippen LogP contribution in [0.5, 0.6) is 5.75 Å². The Labute approximate surface area is 235 Å². The summed E-state index contributed by atoms with van der Waals surface area (Å²) >= 11 is 1.27. The first-order valence-electron chi connectivity index (χ1n) is 12.5. The van der Waals surface area contributed by atoms with Gasteiger partial charge in [-0.05, 0) is 61.3 Å². The van der Waals surface area contributed by atoms with E-state index in [4.69, 9.17) is 14.6 Å². The number of nitrogens with one attached hydrogen (secondary N) is 2. The van der Waals surface area contributed by atoms with Crippen LogP contribution in [0.3, 0.4) is 0 Å². The summed E-state index contributed by atoms with van der Waals surface area (Å²) in [7, 11) is -1.89. The van der Waals surface area contributed by atoms with Crippen molar-refractivity contribution < 1.29 is 36.2 Å². The Balaban J connectivity index is 0.000000559. The molecule has 0 atom stereocenters. The fourth-order valence-corrected chi connectivity index (χ4v) is 6.42. The molecule has 1 fully saturated rings. The van der Waals surface area contributed by atoms with Crippen LogP contribution >= 0.6 is 11.3 Å². The summed E-state index contributed by atoms with van der Waals surface area (Å²) in [6.45, 7) is 4.79. The number of rotatable bonds is 11. The van der Waals surface area contributed by atoms with E-state index in [0.29, 0.717) is 17.3 Å². The average Bonchev–Trinajstić information content (AvgIpc) is 3.62. The van der Waals surface area contributed by atoms with E-state index in [1.54, 1.807) is 13.2 Å². The Bertz CT molecular complexity index is 1340. The quantitative estimate of drug-likeness (QED) is 0.293. The molecule has 1 aliphatic rings. The number of methoxy groups -OCH3 is 1. The van der Waals surface area contributed by atoms with Crippen LogP contribution in [0, 0.1) is 0 Å². The molecule has 4 rings (SSSR count). The molecule has 0 spiro atoms. The van der Waals surface area contributed by atoms with Crippen molar-refractivity contribution in [3.05, 3.63) is 71.8 Å². The molecule has 0 radical (unpaired) electrons. The standard InChI is InChI=1S/C25H31N3O3S2.C2HF3O2/c1-31-23-10-9-21(19-26-18-20-7-3-2-4-8-20)17-22(23)24-11-12-25(32-24)33(29,30)27-13-16-28-14-5-6-15-28;3-2(4,5)1(6)7/h2-4,7-12,17,26-27H,5-6,13-16,18-19H2,1H3;(H,6,7). The number of ether oxygens (including phenoxy) is 1. The number of halogens is 3. The minimum atomic E-state index is -5.08. The third-order valence-corrected chi connectivity index (χ3v) is 9.11. The maximum absolute atomic E-state index is 12.8. The number of benzene rings is 2. The van der Waals surface area contributed by atoms with Gasteiger partial charge in [0.1, 0.15) is 9.96 Å². The van der Waals surface area contributed by atoms with Crippen LogP contribution in [0.25, 0.3) is 10.4 Å². The first-order chi connectivity index (χ1) is 19.0. The second kappa shape index (κ2) is 14.6. The molecule has 2 aromatic carbocycles. The maximum Gasteiger partial charge on any atom is 0.490 e. The van der Waals surface area contributed by atoms with Gasteiger partial charge in [-0.2, -0.15) is 13.2 Å². The smallest absolute Gasteiger partial charge is 0.490 e. The molecular formula is C27H32F3N3O5S2. The number of carbonyl (C=O) groups is 1. The zero-order chi connectivity index (χ0) is 29.2. The SMILES string of the molecule is COc1ccc(CNCc2ccccc2)cc1-c1ccc(S(=O)(=O)NCCN2CCCC2)s1.O=C(O)C(F)(F)F. The van der Waals surface area contributed by atoms with Gasteiger partial charge in [0, 0.05) is 36.6 Å². The van der Waals surface area contributed by atoms with E-state index in [0.717, 1.165) is 47.9 Å². The van der Waals surface area contributed by atoms with E-state index in [-0.39, 0.29) is 0 Å². The molecule has 0 bridgehead atoms. The van der Waals surface area contributed by atoms with Crippen LogP contribution in [0.15, 0.2) is 64.9 Å². The van der Waals surface area contributed by atoms with Crippen molar-refractivity contribution in [1.82, 2.24) is 14.9 Å². The van der Waals surface area contributed by atoms with Gasteiger partial charge in [0.15, 0.2) is 0 Å². The Morgan fingerprint density at radius 2 is 1.68 bits per heavy atom. The molecule has 0 unspecified atom stereocenters. The second-order valence-electron chi connectivity index (χ2n) is 8.99. The van der Waals surface area contributed by atoms with Crippen molar-refractivity contribution in [1.29, 1.82) is 0 Å². The largest absolute Gasteiger partial charge is 0.496 e. The van der Waals surface area contributed by atoms with Gasteiger partial charge in [0.2, 0.25) is 10.0 Å². The van der Waals surface area contributed by atoms with Crippen LogP contribution < -0.4 is 14.8 Å². The highest BCUT2D eigenvalue weighted by molar-refractivity contribution is 7.91. The molecule has 3 N–H and O–H groups in total. The van der Waals surface area contributed by atoms with E-state index in [1.165, 1.54) is 29.7 Å². The van der Waals surface area contributed by atoms with Crippen molar-refractivity contribution in [2.45, 2.75) is 36.3 Å². The maximum atomic E-state index is 12.8. The summed E-state index contributed by atoms with van der Waals surface area (Å²) < 4.78 is 65.9. The van der Waals surface area contributed by atoms with Gasteiger partial charge in [0.25, 0.3) is 0 Å². The highest BCUT2D eigenvalue weighted by Crippen LogP contribution is 2.37. The van der Waals surface area contributed by atoms with E-state index in [9.17, 15) is 21.6 Å². The highest BCUT2D eigenvalue weighted by atomic mass is 32.2. The molecule has 8 nitrogen and oxygen atoms in total. The minimum Gasteiger partial charge on any atom is -0.496 e. The number of aliphatic carboxylic acids is 1. The lowest BCUT2D eigenvalue weighted by Gasteiger charge is -2.14. The normalized spacial score (nSPS) is 14.0. The van der Waals surface area contributed by atoms with E-state index in [1.807, 2.05) is 36.4 Å². The molecule has 218 valence electrons. The Morgan fingerprint density at radius 1 is 1.02 bits per heavy atom. The topological polar surface area (TPSA) is 108 Å². The number of sulfonamides is 1. The van der Waals surface area contributed by atoms with Gasteiger partial charge in [0.05, 0.1) is 7.11 Å². The number of hydrogen-bond donors (Lipinski definition) is 3. The summed E-state index contributed by atoms with van der Waals surface area (Å²) in [5.74, 6) is -2.03. The van der Waals surface area contributed by atoms with Crippen molar-refractivity contribution in [2.24, 2.45) is 0 Å². The highest BCUT2D eigenvalue weighted by Gasteiger charge is 2.38. The predicted molar refractivity (Wildman–Crippen MR) is 148 cm³/mol. The first-order valence-corrected chi connectivity index (χ1v) is 14.8. The molecule has 2 heterocycles. The fourth-order valence-electron chi connectivity index (χ4n) is 4.03. The van der Waals surface area contributed by atoms with Crippen LogP contribution in [0.4, 0.5) is 13.2 Å². The van der Waals surface area contributed by atoms with Gasteiger partial charge in [-0.3, -0.25) is 0 Å². The van der Waals surface area contributed by atoms with Gasteiger partial charge >= 0.3 is 12.1 Å². The van der Waals surface area contributed by atoms with Crippen LogP contribution in [0.2, 0.25) is 0 Å². The number of likely N-dealkylation sites (tertiary alicyclic amines) is 1. The lowest BCUT2D eigenvalue weighted by molar-refractivity contribution is -0.192. The molecule has 3 aromatic rings. The Kier molecular flexibility index (Phi) is 11.5. The molecule has 0 saturated carbocycles. The molecule has 1 aliphatic heterocycles. The van der Waals surface area contributed by atoms with Crippen molar-refractivity contribution >= 4 is 27.3 Å². The second-order valence-corrected chi connectivity index (χ2v) is 12.1. The summed E-state index contributed by atoms with van der Waals surface area (Å²) in [5, 5.41) is 10.6. The van der Waals surface area contributed by atoms with Gasteiger partial charge in [-0.15, -0.1) is 11.3 Å². The zero-order valence-corrected chi connectivity index (χ0v) is 23.5. The van der Waals surface area contributed by atoms with E-state index in [2.05, 4.69) is 33.1 Å². The number of carboxylic acid groups (broad SMARTS) is 1. The minimum absolute atomic E-state index is 0.327. The zero-order valence-electron chi connectivity index (χ0n) is 21.9. The third-order valence-electron chi connectivity index (χ3n) is 6.04. The van der Waals surface area contributed by atoms with Crippen molar-refractivity contribution in [3.63, 3.8) is 0 Å². The molecule has 13 heteroatoms. The monoisotopic (exact) mass is 599 g/mol. The lowest BCUT2D eigenvalue weighted by Crippen LogP contribution is -2.33. The first kappa shape index (κ1) is 31.6. The summed E-state index contributed by atoms with van der Waals surface area (Å²) in [4.78, 5) is 12.1. The molecule has 1 saturated heterocycles. The fraction of sp³-hybridized carbons (Fsp3) is 0.370. The third kappa shape index (κ3) is 9.59. The molecule has 0 aliphatic carbocycles. The Morgan fingerprint density at radius 3 is 2.30 bits per heavy atom. The van der Waals surface area contributed by atoms with Gasteiger partial charge in [-0.1, -0.05) is 36.4 Å². The van der Waals surface area contributed by atoms with Crippen molar-refractivity contribution in [2.75, 3.05) is 33.3 Å². The average molecular weight is 600 g/mol. The number of alkyl halides is 3. The van der Waals surface area contributed by atoms with E-state index >= 15 is 0 Å². The Hall–Kier alpha value is -2.97. The van der Waals surface area contributed by atoms with Crippen LogP contribution in [-0.2, 0) is 27.9 Å². The molecule has 1 aromatic heterocycles. The van der Waals surface area contributed by atoms with Crippen LogP contribution in [0.1, 0.15) is 24.0 Å². The van der Waals surface area contributed by atoms with Crippen molar-refractivity contribution in [3.8, 4) is 16.2 Å². The lowest BCUT2D eigenvalue weighted by atomic mass is 10.1. The molecule has 0 amide bonds. The summed E-state index contributed by atoms with van der Waals surface area (Å²) in [6.07, 6.45) is -2.69. The van der Waals surface area contributed by atoms with Crippen LogP contribution in [-0.4, -0.2) is 63.9 Å². The number of thiophene rings is 1. The molecule has 40 heavy (non-hydrogen) atoms. The van der Waals surface area contributed by atoms with Gasteiger partial charge in [-0.25, -0.2) is 17.9 Å². The number of hydrogen-bond acceptors (Lipinski definition) is 7. The van der Waals surface area contributed by atoms with E-state index < -0.39 is 22.2 Å². The predicted octanol–water partition coefficient (Wildman–Crippen LogP) is 4.72. The molecular weight excluding hydrogens is 567 g/mol. The van der Waals surface area contributed by atoms with Gasteiger partial charge < -0.3 is 20.1 Å². The number of nitrogens with zero attached hydrogens (tertiary/aromatic N) is 1. The summed E-state index contributed by atoms with van der Waals surface area (Å²) in [6, 6.07) is 19.9.